The summed E-state index contributed by atoms with van der Waals surface area (Å²) in [6.07, 6.45) is 1.43. The second-order valence-electron chi connectivity index (χ2n) is 3.76. The highest BCUT2D eigenvalue weighted by molar-refractivity contribution is 6.34. The Labute approximate surface area is 124 Å². The molecule has 0 atom stereocenters. The number of benzene rings is 1. The predicted octanol–water partition coefficient (Wildman–Crippen LogP) is 3.70. The van der Waals surface area contributed by atoms with Crippen molar-refractivity contribution in [3.8, 4) is 6.07 Å². The maximum atomic E-state index is 11.0. The lowest BCUT2D eigenvalue weighted by atomic mass is 10.2. The zero-order valence-electron chi connectivity index (χ0n) is 9.89. The van der Waals surface area contributed by atoms with E-state index < -0.39 is 5.97 Å². The van der Waals surface area contributed by atoms with Gasteiger partial charge >= 0.3 is 5.97 Å². The molecule has 100 valence electrons. The minimum Gasteiger partial charge on any atom is -0.478 e. The summed E-state index contributed by atoms with van der Waals surface area (Å²) in [6.45, 7) is 0. The van der Waals surface area contributed by atoms with Crippen LogP contribution in [0.15, 0.2) is 30.5 Å². The van der Waals surface area contributed by atoms with Crippen LogP contribution >= 0.6 is 23.2 Å². The number of aromatic carboxylic acids is 1. The number of anilines is 2. The van der Waals surface area contributed by atoms with Crippen molar-refractivity contribution in [2.24, 2.45) is 0 Å². The molecule has 0 saturated heterocycles. The van der Waals surface area contributed by atoms with E-state index in [0.717, 1.165) is 0 Å². The second-order valence-corrected chi connectivity index (χ2v) is 4.54. The van der Waals surface area contributed by atoms with Gasteiger partial charge in [0, 0.05) is 11.9 Å². The van der Waals surface area contributed by atoms with Gasteiger partial charge in [0.15, 0.2) is 5.82 Å². The third kappa shape index (κ3) is 2.82. The molecule has 1 aromatic carbocycles. The van der Waals surface area contributed by atoms with Gasteiger partial charge < -0.3 is 10.4 Å². The minimum absolute atomic E-state index is 0.0378. The number of hydrogen-bond donors (Lipinski definition) is 2. The fourth-order valence-electron chi connectivity index (χ4n) is 1.52. The van der Waals surface area contributed by atoms with Crippen molar-refractivity contribution in [2.75, 3.05) is 5.32 Å². The molecule has 0 unspecified atom stereocenters. The van der Waals surface area contributed by atoms with Gasteiger partial charge in [0.05, 0.1) is 16.1 Å². The summed E-state index contributed by atoms with van der Waals surface area (Å²) in [5.74, 6) is -0.868. The molecule has 20 heavy (non-hydrogen) atoms. The number of nitrogens with zero attached hydrogens (tertiary/aromatic N) is 2. The Morgan fingerprint density at radius 2 is 2.10 bits per heavy atom. The minimum atomic E-state index is -1.14. The molecule has 2 N–H and O–H groups in total. The van der Waals surface area contributed by atoms with Crippen molar-refractivity contribution in [1.29, 1.82) is 5.26 Å². The number of nitriles is 1. The Kier molecular flexibility index (Phi) is 4.08. The third-order valence-corrected chi connectivity index (χ3v) is 3.18. The largest absolute Gasteiger partial charge is 0.478 e. The molecule has 0 fully saturated rings. The van der Waals surface area contributed by atoms with E-state index in [4.69, 9.17) is 33.6 Å². The van der Waals surface area contributed by atoms with Crippen LogP contribution in [0.25, 0.3) is 0 Å². The van der Waals surface area contributed by atoms with Crippen molar-refractivity contribution in [3.05, 3.63) is 51.6 Å². The lowest BCUT2D eigenvalue weighted by Gasteiger charge is -2.09. The summed E-state index contributed by atoms with van der Waals surface area (Å²) >= 11 is 11.8. The SMILES string of the molecule is N#Cc1ccnc(Nc2ccc(Cl)c(C(=O)O)c2)c1Cl. The lowest BCUT2D eigenvalue weighted by molar-refractivity contribution is 0.0697. The first-order chi connectivity index (χ1) is 9.52. The van der Waals surface area contributed by atoms with Crippen LogP contribution in [0.1, 0.15) is 15.9 Å². The molecule has 2 aromatic rings. The van der Waals surface area contributed by atoms with Crippen LogP contribution in [0.5, 0.6) is 0 Å². The quantitative estimate of drug-likeness (QED) is 0.903. The van der Waals surface area contributed by atoms with Crippen LogP contribution in [-0.2, 0) is 0 Å². The average Bonchev–Trinajstić information content (AvgIpc) is 2.43. The number of pyridine rings is 1. The standard InChI is InChI=1S/C13H7Cl2N3O2/c14-10-2-1-8(5-9(10)13(19)20)18-12-11(15)7(6-16)3-4-17-12/h1-5H,(H,17,18)(H,19,20). The molecule has 0 aliphatic heterocycles. The number of halogens is 2. The van der Waals surface area contributed by atoms with Crippen LogP contribution in [0, 0.1) is 11.3 Å². The van der Waals surface area contributed by atoms with Gasteiger partial charge in [-0.1, -0.05) is 23.2 Å². The van der Waals surface area contributed by atoms with Gasteiger partial charge in [0.1, 0.15) is 11.1 Å². The highest BCUT2D eigenvalue weighted by atomic mass is 35.5. The van der Waals surface area contributed by atoms with Gasteiger partial charge in [-0.3, -0.25) is 0 Å². The number of hydrogen-bond acceptors (Lipinski definition) is 4. The molecule has 5 nitrogen and oxygen atoms in total. The third-order valence-electron chi connectivity index (χ3n) is 2.47. The second kappa shape index (κ2) is 5.78. The summed E-state index contributed by atoms with van der Waals surface area (Å²) in [5.41, 5.74) is 0.692. The Morgan fingerprint density at radius 1 is 1.35 bits per heavy atom. The van der Waals surface area contributed by atoms with E-state index >= 15 is 0 Å². The highest BCUT2D eigenvalue weighted by Gasteiger charge is 2.11. The summed E-state index contributed by atoms with van der Waals surface area (Å²) in [4.78, 5) is 15.0. The molecule has 1 heterocycles. The average molecular weight is 308 g/mol. The number of carboxylic acids is 1. The molecule has 2 rings (SSSR count). The molecule has 7 heteroatoms. The number of aromatic nitrogens is 1. The zero-order chi connectivity index (χ0) is 14.7. The molecule has 0 aliphatic rings. The number of carboxylic acid groups (broad SMARTS) is 1. The number of carbonyl (C=O) groups is 1. The van der Waals surface area contributed by atoms with Gasteiger partial charge in [-0.25, -0.2) is 9.78 Å². The van der Waals surface area contributed by atoms with Gasteiger partial charge in [0.25, 0.3) is 0 Å². The topological polar surface area (TPSA) is 86.0 Å². The Hall–Kier alpha value is -2.29. The van der Waals surface area contributed by atoms with Crippen molar-refractivity contribution < 1.29 is 9.90 Å². The fourth-order valence-corrected chi connectivity index (χ4v) is 1.92. The van der Waals surface area contributed by atoms with Crippen molar-refractivity contribution in [3.63, 3.8) is 0 Å². The monoisotopic (exact) mass is 307 g/mol. The van der Waals surface area contributed by atoms with Crippen molar-refractivity contribution in [2.45, 2.75) is 0 Å². The highest BCUT2D eigenvalue weighted by Crippen LogP contribution is 2.28. The molecule has 0 aliphatic carbocycles. The Balaban J connectivity index is 2.39. The molecule has 0 spiro atoms. The van der Waals surface area contributed by atoms with E-state index in [9.17, 15) is 4.79 Å². The van der Waals surface area contributed by atoms with Gasteiger partial charge in [-0.15, -0.1) is 0 Å². The first-order valence-electron chi connectivity index (χ1n) is 5.37. The first kappa shape index (κ1) is 14.1. The molecule has 0 radical (unpaired) electrons. The van der Waals surface area contributed by atoms with Gasteiger partial charge in [-0.2, -0.15) is 5.26 Å². The van der Waals surface area contributed by atoms with E-state index in [0.29, 0.717) is 5.69 Å². The molecular formula is C13H7Cl2N3O2. The van der Waals surface area contributed by atoms with Crippen LogP contribution < -0.4 is 5.32 Å². The molecule has 0 bridgehead atoms. The van der Waals surface area contributed by atoms with Crippen LogP contribution in [0.4, 0.5) is 11.5 Å². The molecule has 0 amide bonds. The van der Waals surface area contributed by atoms with E-state index in [1.165, 1.54) is 24.4 Å². The number of rotatable bonds is 3. The summed E-state index contributed by atoms with van der Waals surface area (Å²) in [7, 11) is 0. The summed E-state index contributed by atoms with van der Waals surface area (Å²) < 4.78 is 0. The first-order valence-corrected chi connectivity index (χ1v) is 6.13. The Morgan fingerprint density at radius 3 is 2.75 bits per heavy atom. The summed E-state index contributed by atoms with van der Waals surface area (Å²) in [6, 6.07) is 7.82. The summed E-state index contributed by atoms with van der Waals surface area (Å²) in [5, 5.41) is 21.0. The fraction of sp³-hybridized carbons (Fsp3) is 0. The Bertz CT molecular complexity index is 726. The molecule has 1 aromatic heterocycles. The zero-order valence-corrected chi connectivity index (χ0v) is 11.4. The van der Waals surface area contributed by atoms with Gasteiger partial charge in [0.2, 0.25) is 0 Å². The smallest absolute Gasteiger partial charge is 0.337 e. The maximum absolute atomic E-state index is 11.0. The van der Waals surface area contributed by atoms with Crippen LogP contribution in [-0.4, -0.2) is 16.1 Å². The van der Waals surface area contributed by atoms with E-state index in [2.05, 4.69) is 10.3 Å². The van der Waals surface area contributed by atoms with E-state index in [-0.39, 0.29) is 27.0 Å². The molecule has 0 saturated carbocycles. The van der Waals surface area contributed by atoms with Crippen LogP contribution in [0.3, 0.4) is 0 Å². The normalized spacial score (nSPS) is 9.85. The predicted molar refractivity (Wildman–Crippen MR) is 75.7 cm³/mol. The van der Waals surface area contributed by atoms with E-state index in [1.807, 2.05) is 6.07 Å². The maximum Gasteiger partial charge on any atom is 0.337 e. The van der Waals surface area contributed by atoms with Crippen molar-refractivity contribution in [1.82, 2.24) is 4.98 Å². The van der Waals surface area contributed by atoms with E-state index in [1.54, 1.807) is 6.07 Å². The van der Waals surface area contributed by atoms with Gasteiger partial charge in [-0.05, 0) is 24.3 Å². The molecular weight excluding hydrogens is 301 g/mol. The van der Waals surface area contributed by atoms with Crippen LogP contribution in [0.2, 0.25) is 10.0 Å². The van der Waals surface area contributed by atoms with Crippen molar-refractivity contribution >= 4 is 40.7 Å². The number of nitrogens with one attached hydrogen (secondary N) is 1. The lowest BCUT2D eigenvalue weighted by Crippen LogP contribution is -2.01.